The van der Waals surface area contributed by atoms with Gasteiger partial charge in [0.25, 0.3) is 0 Å². The van der Waals surface area contributed by atoms with Gasteiger partial charge in [0.2, 0.25) is 15.9 Å². The molecule has 0 aliphatic carbocycles. The number of carbonyl (C=O) groups is 1. The van der Waals surface area contributed by atoms with E-state index in [1.165, 1.54) is 29.3 Å². The lowest BCUT2D eigenvalue weighted by molar-refractivity contribution is -0.132. The van der Waals surface area contributed by atoms with Crippen LogP contribution in [0.15, 0.2) is 29.2 Å². The molecule has 2 aliphatic rings. The quantitative estimate of drug-likeness (QED) is 0.791. The van der Waals surface area contributed by atoms with Gasteiger partial charge in [-0.05, 0) is 37.1 Å². The van der Waals surface area contributed by atoms with Crippen molar-refractivity contribution in [2.24, 2.45) is 0 Å². The van der Waals surface area contributed by atoms with Crippen LogP contribution in [-0.4, -0.2) is 74.2 Å². The summed E-state index contributed by atoms with van der Waals surface area (Å²) in [5.74, 6) is -0.317. The van der Waals surface area contributed by atoms with Crippen LogP contribution in [0.1, 0.15) is 25.7 Å². The van der Waals surface area contributed by atoms with E-state index < -0.39 is 15.8 Å². The van der Waals surface area contributed by atoms with Crippen LogP contribution in [0.25, 0.3) is 0 Å². The molecule has 0 unspecified atom stereocenters. The van der Waals surface area contributed by atoms with Gasteiger partial charge in [0, 0.05) is 39.3 Å². The first-order valence-corrected chi connectivity index (χ1v) is 10.7. The summed E-state index contributed by atoms with van der Waals surface area (Å²) in [6.45, 7) is 3.75. The van der Waals surface area contributed by atoms with Crippen LogP contribution in [0.5, 0.6) is 0 Å². The summed E-state index contributed by atoms with van der Waals surface area (Å²) in [7, 11) is -3.61. The van der Waals surface area contributed by atoms with Gasteiger partial charge in [-0.2, -0.15) is 4.31 Å². The number of benzene rings is 1. The van der Waals surface area contributed by atoms with E-state index in [9.17, 15) is 17.6 Å². The van der Waals surface area contributed by atoms with Gasteiger partial charge in [-0.1, -0.05) is 12.8 Å². The predicted molar refractivity (Wildman–Crippen MR) is 96.6 cm³/mol. The molecule has 0 bridgehead atoms. The number of likely N-dealkylation sites (tertiary alicyclic amines) is 1. The van der Waals surface area contributed by atoms with Gasteiger partial charge >= 0.3 is 0 Å². The highest BCUT2D eigenvalue weighted by Crippen LogP contribution is 2.18. The van der Waals surface area contributed by atoms with Crippen molar-refractivity contribution in [2.45, 2.75) is 30.6 Å². The van der Waals surface area contributed by atoms with Crippen LogP contribution in [0.2, 0.25) is 0 Å². The normalized spacial score (nSPS) is 20.7. The number of carbonyl (C=O) groups excluding carboxylic acids is 1. The Morgan fingerprint density at radius 1 is 0.885 bits per heavy atom. The van der Waals surface area contributed by atoms with Crippen molar-refractivity contribution in [3.8, 4) is 0 Å². The number of nitrogens with zero attached hydrogens (tertiary/aromatic N) is 3. The Bertz CT molecular complexity index is 708. The fraction of sp³-hybridized carbons (Fsp3) is 0.611. The summed E-state index contributed by atoms with van der Waals surface area (Å²) in [5, 5.41) is 0. The molecule has 2 aliphatic heterocycles. The topological polar surface area (TPSA) is 60.9 Å². The Kier molecular flexibility index (Phi) is 6.26. The fourth-order valence-electron chi connectivity index (χ4n) is 3.50. The highest BCUT2D eigenvalue weighted by Gasteiger charge is 2.29. The van der Waals surface area contributed by atoms with Gasteiger partial charge in [0.05, 0.1) is 11.4 Å². The molecule has 3 rings (SSSR count). The Balaban J connectivity index is 1.53. The summed E-state index contributed by atoms with van der Waals surface area (Å²) in [6, 6.07) is 4.89. The van der Waals surface area contributed by atoms with Crippen molar-refractivity contribution >= 4 is 15.9 Å². The van der Waals surface area contributed by atoms with E-state index in [1.54, 1.807) is 0 Å². The molecule has 0 saturated carbocycles. The lowest BCUT2D eigenvalue weighted by Gasteiger charge is -2.34. The molecule has 2 heterocycles. The first-order chi connectivity index (χ1) is 12.5. The maximum atomic E-state index is 13.0. The highest BCUT2D eigenvalue weighted by molar-refractivity contribution is 7.89. The van der Waals surface area contributed by atoms with Gasteiger partial charge in [0.1, 0.15) is 5.82 Å². The maximum absolute atomic E-state index is 13.0. The lowest BCUT2D eigenvalue weighted by atomic mass is 10.2. The van der Waals surface area contributed by atoms with Crippen LogP contribution in [-0.2, 0) is 14.8 Å². The molecule has 1 aromatic carbocycles. The molecule has 0 aromatic heterocycles. The van der Waals surface area contributed by atoms with Crippen molar-refractivity contribution in [2.75, 3.05) is 45.8 Å². The van der Waals surface area contributed by atoms with E-state index in [4.69, 9.17) is 0 Å². The summed E-state index contributed by atoms with van der Waals surface area (Å²) in [6.07, 6.45) is 4.50. The number of sulfonamides is 1. The molecule has 8 heteroatoms. The second-order valence-electron chi connectivity index (χ2n) is 6.93. The average molecular weight is 383 g/mol. The van der Waals surface area contributed by atoms with E-state index in [1.807, 2.05) is 9.80 Å². The number of piperazine rings is 1. The Morgan fingerprint density at radius 3 is 2.04 bits per heavy atom. The minimum absolute atomic E-state index is 0.105. The standard InChI is InChI=1S/C18H26FN3O3S/c19-16-5-7-17(8-6-16)26(24,25)22-13-11-20(12-14-22)15-18(23)21-9-3-1-2-4-10-21/h5-8H,1-4,9-15H2. The SMILES string of the molecule is O=C(CN1CCN(S(=O)(=O)c2ccc(F)cc2)CC1)N1CCCCCC1. The molecule has 2 saturated heterocycles. The first-order valence-electron chi connectivity index (χ1n) is 9.23. The number of halogens is 1. The Hall–Kier alpha value is -1.51. The van der Waals surface area contributed by atoms with Crippen molar-refractivity contribution in [1.82, 2.24) is 14.1 Å². The van der Waals surface area contributed by atoms with E-state index in [-0.39, 0.29) is 10.8 Å². The average Bonchev–Trinajstić information content (AvgIpc) is 2.92. The fourth-order valence-corrected chi connectivity index (χ4v) is 4.92. The summed E-state index contributed by atoms with van der Waals surface area (Å²) in [4.78, 5) is 16.5. The number of amides is 1. The zero-order valence-corrected chi connectivity index (χ0v) is 15.8. The van der Waals surface area contributed by atoms with E-state index in [0.717, 1.165) is 38.1 Å². The van der Waals surface area contributed by atoms with Gasteiger partial charge in [0.15, 0.2) is 0 Å². The van der Waals surface area contributed by atoms with Crippen LogP contribution < -0.4 is 0 Å². The van der Waals surface area contributed by atoms with Gasteiger partial charge < -0.3 is 4.90 Å². The molecular formula is C18H26FN3O3S. The summed E-state index contributed by atoms with van der Waals surface area (Å²) >= 11 is 0. The minimum Gasteiger partial charge on any atom is -0.342 e. The second-order valence-corrected chi connectivity index (χ2v) is 8.87. The third kappa shape index (κ3) is 4.61. The number of hydrogen-bond acceptors (Lipinski definition) is 4. The molecule has 0 atom stereocenters. The number of rotatable bonds is 4. The molecule has 0 radical (unpaired) electrons. The zero-order chi connectivity index (χ0) is 18.6. The van der Waals surface area contributed by atoms with Crippen molar-refractivity contribution in [3.63, 3.8) is 0 Å². The van der Waals surface area contributed by atoms with Crippen LogP contribution in [0, 0.1) is 5.82 Å². The molecule has 1 amide bonds. The molecule has 2 fully saturated rings. The Labute approximate surface area is 154 Å². The predicted octanol–water partition coefficient (Wildman–Crippen LogP) is 1.53. The smallest absolute Gasteiger partial charge is 0.243 e. The van der Waals surface area contributed by atoms with Crippen molar-refractivity contribution in [3.05, 3.63) is 30.1 Å². The van der Waals surface area contributed by atoms with Crippen LogP contribution in [0.3, 0.4) is 0 Å². The largest absolute Gasteiger partial charge is 0.342 e. The molecule has 0 N–H and O–H groups in total. The summed E-state index contributed by atoms with van der Waals surface area (Å²) < 4.78 is 39.7. The first kappa shape index (κ1) is 19.3. The van der Waals surface area contributed by atoms with Crippen LogP contribution >= 0.6 is 0 Å². The molecule has 6 nitrogen and oxygen atoms in total. The maximum Gasteiger partial charge on any atom is 0.243 e. The number of hydrogen-bond donors (Lipinski definition) is 0. The third-order valence-corrected chi connectivity index (χ3v) is 7.01. The minimum atomic E-state index is -3.61. The van der Waals surface area contributed by atoms with Gasteiger partial charge in [-0.3, -0.25) is 9.69 Å². The van der Waals surface area contributed by atoms with E-state index in [0.29, 0.717) is 32.7 Å². The molecule has 0 spiro atoms. The van der Waals surface area contributed by atoms with Gasteiger partial charge in [-0.25, -0.2) is 12.8 Å². The molecular weight excluding hydrogens is 357 g/mol. The van der Waals surface area contributed by atoms with Crippen LogP contribution in [0.4, 0.5) is 4.39 Å². The van der Waals surface area contributed by atoms with Crippen molar-refractivity contribution in [1.29, 1.82) is 0 Å². The Morgan fingerprint density at radius 2 is 1.46 bits per heavy atom. The monoisotopic (exact) mass is 383 g/mol. The molecule has 26 heavy (non-hydrogen) atoms. The van der Waals surface area contributed by atoms with E-state index >= 15 is 0 Å². The highest BCUT2D eigenvalue weighted by atomic mass is 32.2. The van der Waals surface area contributed by atoms with E-state index in [2.05, 4.69) is 0 Å². The third-order valence-electron chi connectivity index (χ3n) is 5.10. The van der Waals surface area contributed by atoms with Crippen molar-refractivity contribution < 1.29 is 17.6 Å². The lowest BCUT2D eigenvalue weighted by Crippen LogP contribution is -2.51. The second kappa shape index (κ2) is 8.45. The van der Waals surface area contributed by atoms with Gasteiger partial charge in [-0.15, -0.1) is 0 Å². The zero-order valence-electron chi connectivity index (χ0n) is 14.9. The molecule has 1 aromatic rings. The summed E-state index contributed by atoms with van der Waals surface area (Å²) in [5.41, 5.74) is 0. The molecule has 144 valence electrons.